The zero-order chi connectivity index (χ0) is 49.3. The van der Waals surface area contributed by atoms with E-state index in [1.807, 2.05) is 18.2 Å². The van der Waals surface area contributed by atoms with Crippen LogP contribution < -0.4 is 23.7 Å². The maximum Gasteiger partial charge on any atom is 0.416 e. The topological polar surface area (TPSA) is 207 Å². The van der Waals surface area contributed by atoms with Crippen molar-refractivity contribution in [3.8, 4) is 34.5 Å². The number of nitro benzene ring substituents is 1. The number of aliphatic hydroxyl groups excluding tert-OH is 2. The van der Waals surface area contributed by atoms with Crippen molar-refractivity contribution in [3.05, 3.63) is 136 Å². The van der Waals surface area contributed by atoms with Crippen LogP contribution in [0.3, 0.4) is 0 Å². The monoisotopic (exact) mass is 973 g/mol. The molecule has 3 aliphatic heterocycles. The van der Waals surface area contributed by atoms with Crippen LogP contribution in [0.5, 0.6) is 34.5 Å². The lowest BCUT2D eigenvalue weighted by atomic mass is 9.55. The standard InChI is InChI=1S/C54H59N3O14/c1-2-25-67-54-49(56(32-35-15-21-47-48(28-35)66-34-65-47)53(61)69-39-18-16-38(17-19-39)57(62)63)31-45(55-71-50-14-5-8-26-64-50)43-29-37(11-3-6-23-58)42(13-4-7-24-59)51(52(43)54)44-30-41(20-22-46(44)70-54)68-40-12-9-10-36(27-40)33-60/h2,9-10,12,15-22,27-30,33,37,42,49-52,58-59H,1,3-8,11,13-14,23-26,31-32,34H2. The first-order valence-electron chi connectivity index (χ1n) is 24.4. The Hall–Kier alpha value is -6.79. The van der Waals surface area contributed by atoms with Crippen molar-refractivity contribution in [2.75, 3.05) is 33.2 Å². The highest BCUT2D eigenvalue weighted by Gasteiger charge is 2.66. The van der Waals surface area contributed by atoms with Gasteiger partial charge >= 0.3 is 6.09 Å². The molecular weight excluding hydrogens is 915 g/mol. The Morgan fingerprint density at radius 2 is 1.69 bits per heavy atom. The quantitative estimate of drug-likeness (QED) is 0.0262. The first kappa shape index (κ1) is 49.2. The summed E-state index contributed by atoms with van der Waals surface area (Å²) in [6.07, 6.45) is 9.85. The van der Waals surface area contributed by atoms with Crippen molar-refractivity contribution in [3.63, 3.8) is 0 Å². The summed E-state index contributed by atoms with van der Waals surface area (Å²) in [6, 6.07) is 22.2. The summed E-state index contributed by atoms with van der Waals surface area (Å²) in [6.45, 7) is 4.64. The smallest absolute Gasteiger partial charge is 0.416 e. The molecule has 17 nitrogen and oxygen atoms in total. The van der Waals surface area contributed by atoms with Crippen molar-refractivity contribution >= 4 is 23.8 Å². The van der Waals surface area contributed by atoms with Gasteiger partial charge in [-0.25, -0.2) is 4.79 Å². The van der Waals surface area contributed by atoms with Gasteiger partial charge in [-0.2, -0.15) is 0 Å². The number of allylic oxidation sites excluding steroid dienone is 1. The van der Waals surface area contributed by atoms with Crippen LogP contribution in [0.1, 0.15) is 91.6 Å². The molecule has 0 aromatic heterocycles. The molecule has 1 saturated carbocycles. The molecule has 0 bridgehead atoms. The number of ether oxygens (including phenoxy) is 7. The Bertz CT molecular complexity index is 2610. The van der Waals surface area contributed by atoms with Crippen LogP contribution in [0.15, 0.2) is 114 Å². The summed E-state index contributed by atoms with van der Waals surface area (Å²) < 4.78 is 44.6. The molecule has 4 aromatic rings. The summed E-state index contributed by atoms with van der Waals surface area (Å²) in [5, 5.41) is 36.7. The van der Waals surface area contributed by atoms with Gasteiger partial charge in [0.2, 0.25) is 18.9 Å². The molecule has 4 aromatic carbocycles. The number of unbranched alkanes of at least 4 members (excludes halogenated alkanes) is 2. The second-order valence-electron chi connectivity index (χ2n) is 18.4. The molecule has 71 heavy (non-hydrogen) atoms. The second-order valence-corrected chi connectivity index (χ2v) is 18.4. The number of aliphatic hydroxyl groups is 2. The highest BCUT2D eigenvalue weighted by molar-refractivity contribution is 6.03. The Balaban J connectivity index is 1.24. The van der Waals surface area contributed by atoms with Crippen LogP contribution >= 0.6 is 0 Å². The van der Waals surface area contributed by atoms with Crippen molar-refractivity contribution in [1.82, 2.24) is 4.90 Å². The highest BCUT2D eigenvalue weighted by atomic mass is 16.8. The average Bonchev–Trinajstić information content (AvgIpc) is 3.87. The molecule has 1 amide bonds. The van der Waals surface area contributed by atoms with E-state index in [-0.39, 0.29) is 68.8 Å². The summed E-state index contributed by atoms with van der Waals surface area (Å²) >= 11 is 0. The highest BCUT2D eigenvalue weighted by Crippen LogP contribution is 2.62. The van der Waals surface area contributed by atoms with Gasteiger partial charge in [0.25, 0.3) is 5.69 Å². The van der Waals surface area contributed by atoms with Crippen molar-refractivity contribution in [2.45, 2.75) is 94.8 Å². The minimum Gasteiger partial charge on any atom is -0.459 e. The molecule has 1 saturated heterocycles. The van der Waals surface area contributed by atoms with E-state index in [0.29, 0.717) is 84.3 Å². The van der Waals surface area contributed by atoms with Gasteiger partial charge in [0, 0.05) is 61.8 Å². The first-order chi connectivity index (χ1) is 34.7. The fraction of sp³-hybridized carbons (Fsp3) is 0.426. The molecule has 7 atom stereocenters. The summed E-state index contributed by atoms with van der Waals surface area (Å²) in [7, 11) is 0. The summed E-state index contributed by atoms with van der Waals surface area (Å²) in [4.78, 5) is 46.0. The molecule has 374 valence electrons. The second kappa shape index (κ2) is 22.5. The summed E-state index contributed by atoms with van der Waals surface area (Å²) in [5.41, 5.74) is 3.17. The van der Waals surface area contributed by atoms with E-state index in [1.54, 1.807) is 53.4 Å². The zero-order valence-corrected chi connectivity index (χ0v) is 39.4. The third kappa shape index (κ3) is 10.8. The van der Waals surface area contributed by atoms with Crippen LogP contribution in [-0.4, -0.2) is 89.5 Å². The molecule has 7 unspecified atom stereocenters. The fourth-order valence-corrected chi connectivity index (χ4v) is 10.7. The van der Waals surface area contributed by atoms with Gasteiger partial charge in [0.05, 0.1) is 29.8 Å². The largest absolute Gasteiger partial charge is 0.459 e. The number of hydrogen-bond donors (Lipinski definition) is 2. The van der Waals surface area contributed by atoms with Crippen LogP contribution in [0, 0.1) is 27.9 Å². The van der Waals surface area contributed by atoms with Crippen molar-refractivity contribution < 1.29 is 62.7 Å². The molecule has 0 spiro atoms. The molecular formula is C54H59N3O14. The number of rotatable bonds is 21. The third-order valence-electron chi connectivity index (χ3n) is 13.9. The molecule has 5 aliphatic rings. The Morgan fingerprint density at radius 3 is 2.45 bits per heavy atom. The fourth-order valence-electron chi connectivity index (χ4n) is 10.7. The summed E-state index contributed by atoms with van der Waals surface area (Å²) in [5.74, 6) is -0.234. The van der Waals surface area contributed by atoms with E-state index < -0.39 is 35.1 Å². The average molecular weight is 974 g/mol. The molecule has 9 rings (SSSR count). The van der Waals surface area contributed by atoms with Gasteiger partial charge in [-0.15, -0.1) is 6.58 Å². The van der Waals surface area contributed by atoms with Crippen LogP contribution in [0.25, 0.3) is 0 Å². The maximum atomic E-state index is 15.3. The number of nitro groups is 1. The van der Waals surface area contributed by atoms with Gasteiger partial charge in [-0.3, -0.25) is 19.8 Å². The minimum absolute atomic E-state index is 0.0138. The first-order valence-corrected chi connectivity index (χ1v) is 24.4. The number of oxime groups is 1. The molecule has 2 aliphatic carbocycles. The lowest BCUT2D eigenvalue weighted by Gasteiger charge is -2.59. The number of amides is 1. The van der Waals surface area contributed by atoms with Gasteiger partial charge < -0.3 is 48.2 Å². The predicted molar refractivity (Wildman–Crippen MR) is 259 cm³/mol. The van der Waals surface area contributed by atoms with E-state index >= 15 is 4.79 Å². The predicted octanol–water partition coefficient (Wildman–Crippen LogP) is 9.79. The molecule has 17 heteroatoms. The SMILES string of the molecule is C=CCOC12Oc3ccc(Oc4cccc(C=O)c4)cc3C3C(CCCCO)C(CCCCO)C=C(C(=NOC4CCCCO4)CC1N(Cc1ccc4c(c1)OCO4)C(=O)Oc1ccc([N+](=O)[O-])cc1)C32. The van der Waals surface area contributed by atoms with E-state index in [0.717, 1.165) is 43.1 Å². The van der Waals surface area contributed by atoms with Gasteiger partial charge in [-0.1, -0.05) is 48.3 Å². The Labute approximate surface area is 411 Å². The van der Waals surface area contributed by atoms with E-state index in [1.165, 1.54) is 24.3 Å². The third-order valence-corrected chi connectivity index (χ3v) is 13.9. The Kier molecular flexibility index (Phi) is 15.6. The van der Waals surface area contributed by atoms with E-state index in [4.69, 9.17) is 43.2 Å². The maximum absolute atomic E-state index is 15.3. The van der Waals surface area contributed by atoms with E-state index in [9.17, 15) is 25.1 Å². The van der Waals surface area contributed by atoms with Crippen LogP contribution in [0.4, 0.5) is 10.5 Å². The van der Waals surface area contributed by atoms with Crippen LogP contribution in [0.2, 0.25) is 0 Å². The van der Waals surface area contributed by atoms with Crippen LogP contribution in [-0.2, 0) is 20.9 Å². The molecule has 0 radical (unpaired) electrons. The molecule has 2 fully saturated rings. The van der Waals surface area contributed by atoms with Gasteiger partial charge in [-0.05, 0) is 116 Å². The number of fused-ring (bicyclic) bond motifs is 3. The van der Waals surface area contributed by atoms with Crippen molar-refractivity contribution in [2.24, 2.45) is 22.9 Å². The number of carbonyl (C=O) groups is 2. The number of carbonyl (C=O) groups excluding carboxylic acids is 2. The lowest BCUT2D eigenvalue weighted by molar-refractivity contribution is -0.384. The molecule has 2 N–H and O–H groups in total. The number of benzene rings is 4. The molecule has 3 heterocycles. The lowest BCUT2D eigenvalue weighted by Crippen LogP contribution is -2.70. The Morgan fingerprint density at radius 1 is 0.915 bits per heavy atom. The zero-order valence-electron chi connectivity index (χ0n) is 39.4. The number of nitrogens with zero attached hydrogens (tertiary/aromatic N) is 3. The number of aldehydes is 1. The minimum atomic E-state index is -1.66. The van der Waals surface area contributed by atoms with Crippen molar-refractivity contribution in [1.29, 1.82) is 0 Å². The normalized spacial score (nSPS) is 24.4. The number of hydrogen-bond acceptors (Lipinski definition) is 15. The number of non-ortho nitro benzene ring substituents is 1. The van der Waals surface area contributed by atoms with E-state index in [2.05, 4.69) is 12.7 Å². The van der Waals surface area contributed by atoms with Gasteiger partial charge in [0.15, 0.2) is 11.5 Å². The van der Waals surface area contributed by atoms with Gasteiger partial charge in [0.1, 0.15) is 35.3 Å².